The van der Waals surface area contributed by atoms with Gasteiger partial charge < -0.3 is 9.47 Å². The fourth-order valence-corrected chi connectivity index (χ4v) is 4.11. The van der Waals surface area contributed by atoms with Crippen LogP contribution in [0.5, 0.6) is 11.8 Å². The standard InChI is InChI=1S/C23H18F3N3O3S/c1-4-9-32-22-27-19(23(24,25)26)12-20(30)29(22)14-6-8-18-16(11-14)21(28-33-18)15-10-13(2)5-7-17(15)31-3/h4-8,10-12H,1,9H2,2-3H3. The second-order valence-electron chi connectivity index (χ2n) is 7.11. The SMILES string of the molecule is C=CCOc1nc(C(F)(F)F)cc(=O)n1-c1ccc2snc(-c3cc(C)ccc3OC)c2c1. The first kappa shape index (κ1) is 22.5. The number of ether oxygens (including phenoxy) is 2. The van der Waals surface area contributed by atoms with Crippen LogP contribution in [0.1, 0.15) is 11.3 Å². The van der Waals surface area contributed by atoms with Crippen LogP contribution < -0.4 is 15.0 Å². The lowest BCUT2D eigenvalue weighted by Gasteiger charge is -2.14. The van der Waals surface area contributed by atoms with Gasteiger partial charge in [-0.3, -0.25) is 4.79 Å². The fourth-order valence-electron chi connectivity index (χ4n) is 3.34. The van der Waals surface area contributed by atoms with E-state index in [0.717, 1.165) is 20.4 Å². The van der Waals surface area contributed by atoms with Crippen LogP contribution in [0, 0.1) is 6.92 Å². The zero-order valence-electron chi connectivity index (χ0n) is 17.6. The van der Waals surface area contributed by atoms with Gasteiger partial charge in [-0.25, -0.2) is 4.57 Å². The summed E-state index contributed by atoms with van der Waals surface area (Å²) in [6, 6.07) is 10.7. The van der Waals surface area contributed by atoms with Crippen LogP contribution >= 0.6 is 11.5 Å². The van der Waals surface area contributed by atoms with Gasteiger partial charge in [-0.1, -0.05) is 24.3 Å². The van der Waals surface area contributed by atoms with E-state index in [1.807, 2.05) is 25.1 Å². The number of rotatable bonds is 6. The van der Waals surface area contributed by atoms with Crippen molar-refractivity contribution in [3.8, 4) is 28.7 Å². The Bertz CT molecular complexity index is 1410. The van der Waals surface area contributed by atoms with E-state index in [2.05, 4.69) is 15.9 Å². The maximum atomic E-state index is 13.2. The highest BCUT2D eigenvalue weighted by atomic mass is 32.1. The van der Waals surface area contributed by atoms with Crippen LogP contribution in [0.4, 0.5) is 13.2 Å². The van der Waals surface area contributed by atoms with Gasteiger partial charge in [0.2, 0.25) is 0 Å². The van der Waals surface area contributed by atoms with Crippen molar-refractivity contribution >= 4 is 21.6 Å². The number of hydrogen-bond donors (Lipinski definition) is 0. The maximum absolute atomic E-state index is 13.2. The van der Waals surface area contributed by atoms with Gasteiger partial charge in [0.15, 0.2) is 5.69 Å². The van der Waals surface area contributed by atoms with Gasteiger partial charge in [0.25, 0.3) is 5.56 Å². The summed E-state index contributed by atoms with van der Waals surface area (Å²) in [5.74, 6) is 0.626. The molecular weight excluding hydrogens is 455 g/mol. The summed E-state index contributed by atoms with van der Waals surface area (Å²) in [5.41, 5.74) is 0.452. The molecule has 0 spiro atoms. The molecule has 6 nitrogen and oxygen atoms in total. The largest absolute Gasteiger partial charge is 0.496 e. The Morgan fingerprint density at radius 2 is 1.97 bits per heavy atom. The third kappa shape index (κ3) is 4.34. The molecule has 0 atom stereocenters. The third-order valence-corrected chi connectivity index (χ3v) is 5.66. The van der Waals surface area contributed by atoms with Gasteiger partial charge >= 0.3 is 12.2 Å². The van der Waals surface area contributed by atoms with Crippen molar-refractivity contribution in [2.24, 2.45) is 0 Å². The first-order chi connectivity index (χ1) is 15.7. The Labute approximate surface area is 190 Å². The van der Waals surface area contributed by atoms with Crippen LogP contribution in [-0.2, 0) is 6.18 Å². The van der Waals surface area contributed by atoms with E-state index in [9.17, 15) is 18.0 Å². The molecule has 10 heteroatoms. The highest BCUT2D eigenvalue weighted by molar-refractivity contribution is 7.13. The Morgan fingerprint density at radius 3 is 2.67 bits per heavy atom. The predicted molar refractivity (Wildman–Crippen MR) is 120 cm³/mol. The van der Waals surface area contributed by atoms with Crippen molar-refractivity contribution in [3.05, 3.63) is 76.7 Å². The van der Waals surface area contributed by atoms with E-state index in [4.69, 9.17) is 9.47 Å². The molecule has 0 amide bonds. The molecule has 0 bridgehead atoms. The number of nitrogens with zero attached hydrogens (tertiary/aromatic N) is 3. The second-order valence-corrected chi connectivity index (χ2v) is 7.92. The minimum Gasteiger partial charge on any atom is -0.496 e. The summed E-state index contributed by atoms with van der Waals surface area (Å²) in [6.45, 7) is 5.31. The number of aryl methyl sites for hydroxylation is 1. The molecule has 0 unspecified atom stereocenters. The highest BCUT2D eigenvalue weighted by Crippen LogP contribution is 2.38. The van der Waals surface area contributed by atoms with E-state index in [0.29, 0.717) is 28.6 Å². The van der Waals surface area contributed by atoms with Crippen LogP contribution in [0.3, 0.4) is 0 Å². The van der Waals surface area contributed by atoms with E-state index < -0.39 is 23.4 Å². The normalized spacial score (nSPS) is 11.5. The lowest BCUT2D eigenvalue weighted by molar-refractivity contribution is -0.141. The molecule has 4 aromatic rings. The monoisotopic (exact) mass is 473 g/mol. The molecule has 2 heterocycles. The molecule has 0 aliphatic rings. The number of alkyl halides is 3. The van der Waals surface area contributed by atoms with Gasteiger partial charge in [0, 0.05) is 17.0 Å². The number of fused-ring (bicyclic) bond motifs is 1. The lowest BCUT2D eigenvalue weighted by atomic mass is 10.0. The van der Waals surface area contributed by atoms with Gasteiger partial charge in [-0.05, 0) is 48.8 Å². The van der Waals surface area contributed by atoms with E-state index >= 15 is 0 Å². The minimum atomic E-state index is -4.79. The summed E-state index contributed by atoms with van der Waals surface area (Å²) in [5, 5.41) is 0.711. The lowest BCUT2D eigenvalue weighted by Crippen LogP contribution is -2.25. The van der Waals surface area contributed by atoms with Crippen molar-refractivity contribution in [1.82, 2.24) is 13.9 Å². The number of benzene rings is 2. The van der Waals surface area contributed by atoms with Crippen molar-refractivity contribution in [3.63, 3.8) is 0 Å². The average molecular weight is 473 g/mol. The highest BCUT2D eigenvalue weighted by Gasteiger charge is 2.34. The second kappa shape index (κ2) is 8.70. The quantitative estimate of drug-likeness (QED) is 0.351. The van der Waals surface area contributed by atoms with Gasteiger partial charge in [0.05, 0.1) is 23.2 Å². The van der Waals surface area contributed by atoms with Gasteiger partial charge in [0.1, 0.15) is 12.4 Å². The van der Waals surface area contributed by atoms with Gasteiger partial charge in [-0.15, -0.1) is 0 Å². The van der Waals surface area contributed by atoms with Crippen LogP contribution in [-0.4, -0.2) is 27.6 Å². The Balaban J connectivity index is 1.93. The van der Waals surface area contributed by atoms with Crippen LogP contribution in [0.2, 0.25) is 0 Å². The van der Waals surface area contributed by atoms with Crippen LogP contribution in [0.25, 0.3) is 27.0 Å². The van der Waals surface area contributed by atoms with Crippen molar-refractivity contribution in [1.29, 1.82) is 0 Å². The first-order valence-corrected chi connectivity index (χ1v) is 10.5. The number of methoxy groups -OCH3 is 1. The van der Waals surface area contributed by atoms with Crippen molar-refractivity contribution in [2.45, 2.75) is 13.1 Å². The summed E-state index contributed by atoms with van der Waals surface area (Å²) in [7, 11) is 1.56. The predicted octanol–water partition coefficient (Wildman–Crippen LogP) is 5.41. The molecule has 0 aliphatic carbocycles. The number of hydrogen-bond acceptors (Lipinski definition) is 6. The zero-order valence-corrected chi connectivity index (χ0v) is 18.5. The average Bonchev–Trinajstić information content (AvgIpc) is 3.19. The molecule has 2 aromatic heterocycles. The Hall–Kier alpha value is -3.66. The molecule has 0 fully saturated rings. The molecule has 2 aromatic carbocycles. The van der Waals surface area contributed by atoms with Crippen molar-refractivity contribution in [2.75, 3.05) is 13.7 Å². The number of aromatic nitrogens is 3. The molecule has 0 N–H and O–H groups in total. The third-order valence-electron chi connectivity index (χ3n) is 4.83. The molecule has 170 valence electrons. The molecule has 0 saturated heterocycles. The molecular formula is C23H18F3N3O3S. The number of halogens is 3. The van der Waals surface area contributed by atoms with E-state index in [1.54, 1.807) is 25.3 Å². The first-order valence-electron chi connectivity index (χ1n) is 9.72. The maximum Gasteiger partial charge on any atom is 0.433 e. The van der Waals surface area contributed by atoms with Crippen LogP contribution in [0.15, 0.2) is 59.9 Å². The topological polar surface area (TPSA) is 66.2 Å². The smallest absolute Gasteiger partial charge is 0.433 e. The zero-order chi connectivity index (χ0) is 23.8. The summed E-state index contributed by atoms with van der Waals surface area (Å²) >= 11 is 1.26. The molecule has 33 heavy (non-hydrogen) atoms. The molecule has 0 saturated carbocycles. The summed E-state index contributed by atoms with van der Waals surface area (Å²) < 4.78 is 56.8. The summed E-state index contributed by atoms with van der Waals surface area (Å²) in [6.07, 6.45) is -3.44. The van der Waals surface area contributed by atoms with E-state index in [1.165, 1.54) is 17.6 Å². The van der Waals surface area contributed by atoms with Gasteiger partial charge in [-0.2, -0.15) is 22.5 Å². The Morgan fingerprint density at radius 1 is 1.18 bits per heavy atom. The minimum absolute atomic E-state index is 0.123. The molecule has 0 aliphatic heterocycles. The molecule has 0 radical (unpaired) electrons. The fraction of sp³-hybridized carbons (Fsp3) is 0.174. The molecule has 4 rings (SSSR count). The van der Waals surface area contributed by atoms with Crippen molar-refractivity contribution < 1.29 is 22.6 Å². The Kier molecular flexibility index (Phi) is 5.94. The van der Waals surface area contributed by atoms with E-state index in [-0.39, 0.29) is 6.61 Å². The summed E-state index contributed by atoms with van der Waals surface area (Å²) in [4.78, 5) is 16.3.